The molecule has 0 aromatic carbocycles. The number of carbonyl (C=O) groups excluding carboxylic acids is 8. The number of aromatic nitrogens is 8. The van der Waals surface area contributed by atoms with Crippen molar-refractivity contribution < 1.29 is 75.2 Å². The molecule has 10 N–H and O–H groups in total. The van der Waals surface area contributed by atoms with Crippen LogP contribution in [-0.2, 0) is 19.5 Å². The maximum Gasteiger partial charge on any atom is 0.280 e. The first-order chi connectivity index (χ1) is 67.4. The lowest BCUT2D eigenvalue weighted by atomic mass is 10.0. The number of aryl methyl sites for hydroxylation is 3. The van der Waals surface area contributed by atoms with Crippen LogP contribution in [0, 0.1) is 26.7 Å². The fraction of sp³-hybridized carbons (Fsp3) is 0.600. The summed E-state index contributed by atoms with van der Waals surface area (Å²) in [7, 11) is -3.27. The molecular weight excluding hydrogens is 1920 g/mol. The second-order valence-corrected chi connectivity index (χ2v) is 48.0. The average molecular weight is 2050 g/mol. The van der Waals surface area contributed by atoms with Crippen LogP contribution in [-0.4, -0.2) is 284 Å². The van der Waals surface area contributed by atoms with E-state index in [2.05, 4.69) is 110 Å². The molecule has 9 aliphatic heterocycles. The Kier molecular flexibility index (Phi) is 32.3. The number of halogens is 2. The molecule has 7 atom stereocenters. The molecule has 19 rings (SSSR count). The number of hydrogen-bond donors (Lipinski definition) is 10. The van der Waals surface area contributed by atoms with Gasteiger partial charge in [0.25, 0.3) is 53.7 Å². The molecule has 17 heterocycles. The third-order valence-electron chi connectivity index (χ3n) is 28.0. The van der Waals surface area contributed by atoms with Gasteiger partial charge in [-0.2, -0.15) is 4.31 Å². The molecule has 0 unspecified atom stereocenters. The second-order valence-electron chi connectivity index (χ2n) is 42.0. The van der Waals surface area contributed by atoms with Crippen molar-refractivity contribution in [1.82, 2.24) is 85.0 Å². The van der Waals surface area contributed by atoms with Crippen LogP contribution in [0.2, 0.25) is 0 Å². The highest BCUT2D eigenvalue weighted by Gasteiger charge is 2.48. The van der Waals surface area contributed by atoms with Crippen LogP contribution in [0.4, 0.5) is 32.1 Å². The Labute approximate surface area is 843 Å². The summed E-state index contributed by atoms with van der Waals surface area (Å²) in [6, 6.07) is 8.12. The largest absolute Gasteiger partial charge is 0.393 e. The van der Waals surface area contributed by atoms with Gasteiger partial charge in [-0.15, -0.1) is 45.3 Å². The van der Waals surface area contributed by atoms with Crippen molar-refractivity contribution in [1.29, 1.82) is 0 Å². The van der Waals surface area contributed by atoms with E-state index < -0.39 is 46.3 Å². The van der Waals surface area contributed by atoms with Gasteiger partial charge in [-0.25, -0.2) is 57.1 Å². The Morgan fingerprint density at radius 2 is 0.852 bits per heavy atom. The molecule has 0 radical (unpaired) electrons. The van der Waals surface area contributed by atoms with Gasteiger partial charge in [0.1, 0.15) is 46.0 Å². The van der Waals surface area contributed by atoms with Crippen molar-refractivity contribution in [2.45, 2.75) is 321 Å². The zero-order valence-electron chi connectivity index (χ0n) is 83.4. The number of aliphatic hydroxyl groups excluding tert-OH is 2. The van der Waals surface area contributed by atoms with E-state index in [1.807, 2.05) is 102 Å². The minimum atomic E-state index is -3.27. The molecule has 766 valence electrons. The quantitative estimate of drug-likeness (QED) is 0.0254. The van der Waals surface area contributed by atoms with Crippen molar-refractivity contribution >= 4 is 126 Å². The number of rotatable bonds is 25. The molecule has 2 aliphatic carbocycles. The summed E-state index contributed by atoms with van der Waals surface area (Å²) in [6.45, 7) is 31.4. The summed E-state index contributed by atoms with van der Waals surface area (Å²) in [5, 5.41) is 45.5. The van der Waals surface area contributed by atoms with Crippen LogP contribution in [0.1, 0.15) is 308 Å². The third-order valence-corrected chi connectivity index (χ3v) is 33.6. The van der Waals surface area contributed by atoms with Crippen LogP contribution in [0.5, 0.6) is 0 Å². The summed E-state index contributed by atoms with van der Waals surface area (Å²) in [5.41, 5.74) is 5.58. The lowest BCUT2D eigenvalue weighted by Gasteiger charge is -2.37. The number of nitrogens with zero attached hydrogens (tertiary/aromatic N) is 13. The van der Waals surface area contributed by atoms with E-state index in [4.69, 9.17) is 9.47 Å². The number of thiazole rings is 4. The van der Waals surface area contributed by atoms with Gasteiger partial charge in [0.15, 0.2) is 20.0 Å². The number of nitrogens with one attached hydrogen (secondary N) is 8. The monoisotopic (exact) mass is 2050 g/mol. The van der Waals surface area contributed by atoms with E-state index in [0.717, 1.165) is 163 Å². The molecule has 11 aliphatic rings. The van der Waals surface area contributed by atoms with Gasteiger partial charge in [0, 0.05) is 163 Å². The van der Waals surface area contributed by atoms with E-state index in [-0.39, 0.29) is 181 Å². The highest BCUT2D eigenvalue weighted by Crippen LogP contribution is 2.47. The number of ether oxygens (including phenoxy) is 2. The maximum atomic E-state index is 14.2. The Morgan fingerprint density at radius 1 is 0.465 bits per heavy atom. The van der Waals surface area contributed by atoms with Gasteiger partial charge in [-0.3, -0.25) is 38.4 Å². The molecule has 8 amide bonds. The number of anilines is 4. The zero-order chi connectivity index (χ0) is 101. The molecule has 35 nitrogen and oxygen atoms in total. The van der Waals surface area contributed by atoms with Crippen molar-refractivity contribution in [3.8, 4) is 41.8 Å². The molecule has 2 saturated carbocycles. The van der Waals surface area contributed by atoms with Crippen LogP contribution < -0.4 is 42.5 Å². The van der Waals surface area contributed by atoms with Crippen LogP contribution in [0.25, 0.3) is 41.8 Å². The number of carbonyl (C=O) groups is 8. The van der Waals surface area contributed by atoms with Crippen molar-refractivity contribution in [2.75, 3.05) is 80.1 Å². The summed E-state index contributed by atoms with van der Waals surface area (Å²) >= 11 is 4.58. The predicted molar refractivity (Wildman–Crippen MR) is 544 cm³/mol. The molecule has 0 spiro atoms. The minimum Gasteiger partial charge on any atom is -0.393 e. The maximum absolute atomic E-state index is 14.2. The Hall–Kier alpha value is -10.3. The zero-order valence-corrected chi connectivity index (χ0v) is 87.4. The summed E-state index contributed by atoms with van der Waals surface area (Å²) < 4.78 is 63.6. The number of sulfonamides is 1. The van der Waals surface area contributed by atoms with Gasteiger partial charge in [-0.05, 0) is 266 Å². The smallest absolute Gasteiger partial charge is 0.280 e. The number of likely N-dealkylation sites (tertiary alicyclic amines) is 2. The van der Waals surface area contributed by atoms with E-state index in [1.54, 1.807) is 23.5 Å². The molecule has 8 aromatic rings. The number of fused-ring (bicyclic) bond motifs is 4. The summed E-state index contributed by atoms with van der Waals surface area (Å²) in [5.74, 6) is 1.12. The summed E-state index contributed by atoms with van der Waals surface area (Å²) in [4.78, 5) is 153. The summed E-state index contributed by atoms with van der Waals surface area (Å²) in [6.07, 6.45) is 21.6. The Bertz CT molecular complexity index is 6080. The molecule has 4 bridgehead atoms. The number of amides is 8. The van der Waals surface area contributed by atoms with Crippen molar-refractivity contribution in [2.24, 2.45) is 5.92 Å². The first kappa shape index (κ1) is 105. The van der Waals surface area contributed by atoms with Crippen LogP contribution in [0.15, 0.2) is 49.1 Å². The highest BCUT2D eigenvalue weighted by atomic mass is 32.2. The lowest BCUT2D eigenvalue weighted by Crippen LogP contribution is -2.60. The highest BCUT2D eigenvalue weighted by molar-refractivity contribution is 7.88. The second kappa shape index (κ2) is 43.9. The predicted octanol–water partition coefficient (Wildman–Crippen LogP) is 14.3. The van der Waals surface area contributed by atoms with E-state index >= 15 is 0 Å². The van der Waals surface area contributed by atoms with Crippen LogP contribution >= 0.6 is 45.3 Å². The fourth-order valence-corrected chi connectivity index (χ4v) is 25.4. The third kappa shape index (κ3) is 24.6. The number of pyridine rings is 4. The number of alkyl halides is 2. The topological polar surface area (TPSA) is 445 Å². The van der Waals surface area contributed by atoms with Crippen molar-refractivity contribution in [3.63, 3.8) is 0 Å². The lowest BCUT2D eigenvalue weighted by molar-refractivity contribution is 0.0692. The molecule has 42 heteroatoms. The first-order valence-electron chi connectivity index (χ1n) is 49.7. The first-order valence-corrected chi connectivity index (χ1v) is 54.9. The molecule has 11 fully saturated rings. The minimum absolute atomic E-state index is 0.0117. The fourth-order valence-electron chi connectivity index (χ4n) is 20.4. The average Bonchev–Trinajstić information content (AvgIpc) is 1.63. The van der Waals surface area contributed by atoms with Gasteiger partial charge < -0.3 is 81.8 Å². The molecule has 9 saturated heterocycles. The van der Waals surface area contributed by atoms with Gasteiger partial charge in [0.2, 0.25) is 10.0 Å². The van der Waals surface area contributed by atoms with Gasteiger partial charge in [-0.1, -0.05) is 0 Å². The van der Waals surface area contributed by atoms with E-state index in [0.29, 0.717) is 95.8 Å². The number of aliphatic hydroxyl groups is 2. The normalized spacial score (nSPS) is 23.0. The van der Waals surface area contributed by atoms with Crippen LogP contribution in [0.3, 0.4) is 0 Å². The number of hydrogen-bond acceptors (Lipinski definition) is 30. The standard InChI is InChI=1S/C26H33N5O4S.C26H35N5O3S.C25H33F2N5O3S.C23H32N6O4S2/c1-13-9-21(28-14(2)15-3-4-15)27-10-18(13)23-22(26(34)31-16-5-6-17(31)8-7-16)30-25(36-23)24(33)29-19-11-35-12-20(19)32;1-14-11-20(30-26(2,3)4)27-13-19(14)22-21(25(34)31-16-6-7-17(31)9-8-16)29-24(35-22)23(33)28-15-5-10-18(32)12-15;1-14-6-5-9-32(14)24(34)19-20(36-23(30-19)22(33)29-15-7-10-35-11-8-15)17-13-28-18(31-25(2,3)4)12-16(17)21(26)27;1-13(2)25-18-9-14(3)17(10-24-18)20-19(23(31)29-8-6-7-15(29)4)27-22(34-20)21(30)26-16-11-28(12-16)35(5,32)33/h9-10,14-17,19-20,32H,3-8,11-12H2,1-2H3,(H,27,28)(H,29,33);11,13,15-18,32H,5-10,12H2,1-4H3,(H,27,30)(H,28,33);12-15,21H,5-11H2,1-4H3,(H,28,31)(H,29,33);9-10,13,15-16H,6-8,11-12H2,1-5H3,(H,24,25)(H,26,30)/t14-,16?,17?,19+,20+;15-,16?,17?,18-;14-;15-/m1000/s1. The Morgan fingerprint density at radius 3 is 1.23 bits per heavy atom. The van der Waals surface area contributed by atoms with E-state index in [1.165, 1.54) is 52.1 Å². The molecular formula is C100H133F2N21O14S5. The van der Waals surface area contributed by atoms with Gasteiger partial charge in [0.05, 0.1) is 63.3 Å². The molecule has 142 heavy (non-hydrogen) atoms. The molecule has 8 aromatic heterocycles. The van der Waals surface area contributed by atoms with E-state index in [9.17, 15) is 65.8 Å². The van der Waals surface area contributed by atoms with Crippen molar-refractivity contribution in [3.05, 3.63) is 114 Å². The Balaban J connectivity index is 0.000000136. The SMILES string of the molecule is C[C@H]1CCCN1C(=O)c1nc(C(=O)NC2CCOCC2)sc1-c1cnc(NC(C)(C)C)cc1C(F)F.Cc1cc(NC(C)(C)C)ncc1-c1sc(C(=O)N[C@H]2CC[C@H](O)C2)nc1C(=O)N1C2CCC1CC2.Cc1cc(NC(C)C)ncc1-c1sc(C(=O)NC2CN(S(C)(=O)=O)C2)nc1C(=O)N1CCC[C@@H]1C.Cc1cc(N[C@H](C)C2CC2)ncc1-c1sc(C(=O)N[C@H]2COC[C@@H]2O)nc1C(=O)N1C2CCC1CC2. The van der Waals surface area contributed by atoms with Gasteiger partial charge >= 0.3 is 0 Å².